The van der Waals surface area contributed by atoms with Gasteiger partial charge in [0.05, 0.1) is 12.2 Å². The van der Waals surface area contributed by atoms with E-state index in [0.717, 1.165) is 11.1 Å². The molecule has 1 amide bonds. The van der Waals surface area contributed by atoms with E-state index in [4.69, 9.17) is 9.15 Å². The second kappa shape index (κ2) is 9.06. The number of aromatic nitrogens is 1. The molecule has 1 aliphatic rings. The Morgan fingerprint density at radius 3 is 2.83 bits per heavy atom. The maximum absolute atomic E-state index is 13.2. The van der Waals surface area contributed by atoms with Crippen molar-refractivity contribution in [3.05, 3.63) is 77.9 Å². The molecule has 0 spiro atoms. The van der Waals surface area contributed by atoms with Crippen molar-refractivity contribution in [2.75, 3.05) is 6.54 Å². The van der Waals surface area contributed by atoms with Crippen LogP contribution in [0.1, 0.15) is 11.1 Å². The summed E-state index contributed by atoms with van der Waals surface area (Å²) < 4.78 is 24.0. The van der Waals surface area contributed by atoms with Gasteiger partial charge in [0.1, 0.15) is 24.3 Å². The molecule has 3 aromatic rings. The van der Waals surface area contributed by atoms with Gasteiger partial charge in [0.2, 0.25) is 5.89 Å². The van der Waals surface area contributed by atoms with E-state index < -0.39 is 18.3 Å². The zero-order chi connectivity index (χ0) is 20.9. The van der Waals surface area contributed by atoms with Crippen molar-refractivity contribution in [3.63, 3.8) is 0 Å². The quantitative estimate of drug-likeness (QED) is 0.577. The highest BCUT2D eigenvalue weighted by atomic mass is 19.1. The summed E-state index contributed by atoms with van der Waals surface area (Å²) in [5, 5.41) is 16.0. The first-order valence-electron chi connectivity index (χ1n) is 9.67. The normalized spacial score (nSPS) is 20.8. The summed E-state index contributed by atoms with van der Waals surface area (Å²) in [6.45, 7) is 0.473. The average molecular weight is 411 g/mol. The summed E-state index contributed by atoms with van der Waals surface area (Å²) in [4.78, 5) is 16.3. The summed E-state index contributed by atoms with van der Waals surface area (Å²) in [6, 6.07) is 13.5. The van der Waals surface area contributed by atoms with Gasteiger partial charge in [-0.05, 0) is 41.8 Å². The predicted molar refractivity (Wildman–Crippen MR) is 107 cm³/mol. The van der Waals surface area contributed by atoms with Crippen molar-refractivity contribution in [1.82, 2.24) is 15.6 Å². The number of aliphatic hydroxyl groups is 1. The number of rotatable bonds is 6. The average Bonchev–Trinajstić information content (AvgIpc) is 3.39. The van der Waals surface area contributed by atoms with Gasteiger partial charge in [-0.15, -0.1) is 0 Å². The van der Waals surface area contributed by atoms with Crippen LogP contribution in [0.5, 0.6) is 0 Å². The summed E-state index contributed by atoms with van der Waals surface area (Å²) in [7, 11) is 0. The second-order valence-electron chi connectivity index (χ2n) is 7.17. The van der Waals surface area contributed by atoms with Crippen LogP contribution in [0, 0.1) is 5.82 Å². The Labute approximate surface area is 172 Å². The third-order valence-electron chi connectivity index (χ3n) is 5.02. The highest BCUT2D eigenvalue weighted by molar-refractivity contribution is 5.67. The van der Waals surface area contributed by atoms with Crippen LogP contribution >= 0.6 is 0 Å². The number of halogens is 1. The monoisotopic (exact) mass is 411 g/mol. The smallest absolute Gasteiger partial charge is 0.407 e. The molecule has 3 N–H and O–H groups in total. The SMILES string of the molecule is O=C(NCc1cccc(F)c1)O[C@@H]1[C@@H](O)CN[C@@H]1Cc1ccc(-c2ncco2)cc1. The third kappa shape index (κ3) is 4.84. The molecule has 7 nitrogen and oxygen atoms in total. The fraction of sp³-hybridized carbons (Fsp3) is 0.273. The van der Waals surface area contributed by atoms with E-state index in [2.05, 4.69) is 15.6 Å². The number of carbonyl (C=O) groups is 1. The van der Waals surface area contributed by atoms with Gasteiger partial charge >= 0.3 is 6.09 Å². The van der Waals surface area contributed by atoms with Gasteiger partial charge in [-0.1, -0.05) is 24.3 Å². The number of carbonyl (C=O) groups excluding carboxylic acids is 1. The molecule has 0 bridgehead atoms. The first-order chi connectivity index (χ1) is 14.6. The number of oxazole rings is 1. The predicted octanol–water partition coefficient (Wildman–Crippen LogP) is 2.65. The van der Waals surface area contributed by atoms with Gasteiger partial charge in [-0.25, -0.2) is 14.2 Å². The number of ether oxygens (including phenoxy) is 1. The molecular weight excluding hydrogens is 389 g/mol. The second-order valence-corrected chi connectivity index (χ2v) is 7.17. The van der Waals surface area contributed by atoms with E-state index in [1.54, 1.807) is 18.3 Å². The lowest BCUT2D eigenvalue weighted by molar-refractivity contribution is 0.0188. The lowest BCUT2D eigenvalue weighted by Crippen LogP contribution is -2.41. The Morgan fingerprint density at radius 2 is 2.10 bits per heavy atom. The van der Waals surface area contributed by atoms with Crippen molar-refractivity contribution in [1.29, 1.82) is 0 Å². The minimum absolute atomic E-state index is 0.139. The number of alkyl carbamates (subject to hydrolysis) is 1. The molecule has 1 fully saturated rings. The van der Waals surface area contributed by atoms with E-state index in [9.17, 15) is 14.3 Å². The molecule has 3 atom stereocenters. The van der Waals surface area contributed by atoms with Gasteiger partial charge in [-0.2, -0.15) is 0 Å². The third-order valence-corrected chi connectivity index (χ3v) is 5.02. The lowest BCUT2D eigenvalue weighted by atomic mass is 10.0. The highest BCUT2D eigenvalue weighted by Gasteiger charge is 2.37. The minimum atomic E-state index is -0.804. The largest absolute Gasteiger partial charge is 0.445 e. The number of nitrogens with zero attached hydrogens (tertiary/aromatic N) is 1. The number of hydrogen-bond acceptors (Lipinski definition) is 6. The first-order valence-corrected chi connectivity index (χ1v) is 9.67. The maximum atomic E-state index is 13.2. The standard InChI is InChI=1S/C22H22FN3O4/c23-17-3-1-2-15(10-17)12-26-22(28)30-20-18(25-13-19(20)27)11-14-4-6-16(7-5-14)21-24-8-9-29-21/h1-10,18-20,25,27H,11-13H2,(H,26,28)/t18-,19+,20+/m1/s1. The van der Waals surface area contributed by atoms with Crippen LogP contribution in [0.25, 0.3) is 11.5 Å². The summed E-state index contributed by atoms with van der Waals surface area (Å²) in [6.07, 6.45) is 1.54. The van der Waals surface area contributed by atoms with Crippen LogP contribution < -0.4 is 10.6 Å². The molecule has 156 valence electrons. The van der Waals surface area contributed by atoms with Crippen LogP contribution in [0.3, 0.4) is 0 Å². The number of benzene rings is 2. The van der Waals surface area contributed by atoms with E-state index in [-0.39, 0.29) is 18.4 Å². The molecule has 2 heterocycles. The summed E-state index contributed by atoms with van der Waals surface area (Å²) in [5.41, 5.74) is 2.51. The first kappa shape index (κ1) is 20.1. The molecule has 0 unspecified atom stereocenters. The van der Waals surface area contributed by atoms with E-state index in [1.807, 2.05) is 24.3 Å². The molecule has 0 radical (unpaired) electrons. The van der Waals surface area contributed by atoms with Crippen molar-refractivity contribution < 1.29 is 23.4 Å². The Balaban J connectivity index is 1.33. The van der Waals surface area contributed by atoms with Gasteiger partial charge in [-0.3, -0.25) is 0 Å². The molecular formula is C22H22FN3O4. The molecule has 0 aliphatic carbocycles. The molecule has 30 heavy (non-hydrogen) atoms. The summed E-state index contributed by atoms with van der Waals surface area (Å²) in [5.74, 6) is 0.180. The number of aliphatic hydroxyl groups excluding tert-OH is 1. The van der Waals surface area contributed by atoms with Crippen molar-refractivity contribution in [2.24, 2.45) is 0 Å². The lowest BCUT2D eigenvalue weighted by Gasteiger charge is -2.22. The van der Waals surface area contributed by atoms with Gasteiger partial charge < -0.3 is 24.9 Å². The van der Waals surface area contributed by atoms with Crippen molar-refractivity contribution >= 4 is 6.09 Å². The number of amides is 1. The Bertz CT molecular complexity index is 978. The Morgan fingerprint density at radius 1 is 1.27 bits per heavy atom. The fourth-order valence-electron chi connectivity index (χ4n) is 3.51. The van der Waals surface area contributed by atoms with E-state index in [1.165, 1.54) is 18.4 Å². The van der Waals surface area contributed by atoms with E-state index in [0.29, 0.717) is 24.4 Å². The van der Waals surface area contributed by atoms with Crippen LogP contribution in [-0.4, -0.2) is 41.0 Å². The van der Waals surface area contributed by atoms with E-state index >= 15 is 0 Å². The van der Waals surface area contributed by atoms with Crippen LogP contribution in [0.2, 0.25) is 0 Å². The Kier molecular flexibility index (Phi) is 6.06. The maximum Gasteiger partial charge on any atom is 0.407 e. The molecule has 0 saturated carbocycles. The van der Waals surface area contributed by atoms with Crippen molar-refractivity contribution in [3.8, 4) is 11.5 Å². The molecule has 4 rings (SSSR count). The molecule has 1 saturated heterocycles. The zero-order valence-corrected chi connectivity index (χ0v) is 16.1. The molecule has 1 aliphatic heterocycles. The van der Waals surface area contributed by atoms with Gasteiger partial charge in [0.25, 0.3) is 0 Å². The van der Waals surface area contributed by atoms with Crippen LogP contribution in [0.4, 0.5) is 9.18 Å². The summed E-state index contributed by atoms with van der Waals surface area (Å²) >= 11 is 0. The molecule has 1 aromatic heterocycles. The van der Waals surface area contributed by atoms with Crippen LogP contribution in [-0.2, 0) is 17.7 Å². The molecule has 8 heteroatoms. The minimum Gasteiger partial charge on any atom is -0.445 e. The molecule has 2 aromatic carbocycles. The Hall–Kier alpha value is -3.23. The van der Waals surface area contributed by atoms with Crippen molar-refractivity contribution in [2.45, 2.75) is 31.2 Å². The number of hydrogen-bond donors (Lipinski definition) is 3. The highest BCUT2D eigenvalue weighted by Crippen LogP contribution is 2.21. The fourth-order valence-corrected chi connectivity index (χ4v) is 3.51. The zero-order valence-electron chi connectivity index (χ0n) is 16.1. The van der Waals surface area contributed by atoms with Gasteiger partial charge in [0.15, 0.2) is 0 Å². The number of β-amino-alcohol motifs (C(OH)–C–C–N with tert-alkyl or cyclic N) is 1. The van der Waals surface area contributed by atoms with Crippen LogP contribution in [0.15, 0.2) is 65.4 Å². The van der Waals surface area contributed by atoms with Gasteiger partial charge in [0, 0.05) is 18.7 Å². The number of nitrogens with one attached hydrogen (secondary N) is 2. The topological polar surface area (TPSA) is 96.6 Å².